The molecule has 0 atom stereocenters. The zero-order chi connectivity index (χ0) is 12.1. The van der Waals surface area contributed by atoms with Crippen molar-refractivity contribution in [2.75, 3.05) is 12.4 Å². The Hall–Kier alpha value is -2.10. The van der Waals surface area contributed by atoms with Gasteiger partial charge in [0.2, 0.25) is 0 Å². The molecule has 0 spiro atoms. The fourth-order valence-electron chi connectivity index (χ4n) is 1.58. The van der Waals surface area contributed by atoms with Gasteiger partial charge >= 0.3 is 0 Å². The van der Waals surface area contributed by atoms with E-state index in [1.807, 2.05) is 24.3 Å². The van der Waals surface area contributed by atoms with Gasteiger partial charge in [0.05, 0.1) is 7.11 Å². The number of hydrogen-bond acceptors (Lipinski definition) is 4. The Labute approximate surface area is 101 Å². The number of ether oxygens (including phenoxy) is 1. The molecule has 2 aromatic rings. The molecule has 0 fully saturated rings. The minimum atomic E-state index is 0.731. The number of benzene rings is 1. The van der Waals surface area contributed by atoms with Crippen molar-refractivity contribution in [3.8, 4) is 5.75 Å². The zero-order valence-corrected chi connectivity index (χ0v) is 9.97. The lowest BCUT2D eigenvalue weighted by molar-refractivity contribution is 0.414. The minimum absolute atomic E-state index is 0.731. The Morgan fingerprint density at radius 2 is 2.18 bits per heavy atom. The first-order valence-corrected chi connectivity index (χ1v) is 5.44. The zero-order valence-electron chi connectivity index (χ0n) is 9.97. The Balaban J connectivity index is 2.04. The molecule has 1 aromatic heterocycles. The topological polar surface area (TPSA) is 47.0 Å². The lowest BCUT2D eigenvalue weighted by Crippen LogP contribution is -2.03. The first-order chi connectivity index (χ1) is 8.29. The third-order valence-electron chi connectivity index (χ3n) is 2.58. The molecule has 0 aliphatic rings. The molecule has 0 aliphatic carbocycles. The van der Waals surface area contributed by atoms with Crippen LogP contribution in [0.3, 0.4) is 0 Å². The Morgan fingerprint density at radius 3 is 2.82 bits per heavy atom. The van der Waals surface area contributed by atoms with Gasteiger partial charge in [-0.2, -0.15) is 5.10 Å². The highest BCUT2D eigenvalue weighted by Crippen LogP contribution is 2.17. The van der Waals surface area contributed by atoms with Crippen molar-refractivity contribution in [1.82, 2.24) is 10.2 Å². The Morgan fingerprint density at radius 1 is 1.29 bits per heavy atom. The maximum absolute atomic E-state index is 5.17. The summed E-state index contributed by atoms with van der Waals surface area (Å²) in [5, 5.41) is 11.0. The van der Waals surface area contributed by atoms with Crippen LogP contribution >= 0.6 is 0 Å². The van der Waals surface area contributed by atoms with Crippen LogP contribution in [0.5, 0.6) is 5.75 Å². The normalized spacial score (nSPS) is 10.0. The van der Waals surface area contributed by atoms with Crippen LogP contribution in [0.1, 0.15) is 11.1 Å². The number of aryl methyl sites for hydroxylation is 1. The molecule has 0 radical (unpaired) electrons. The summed E-state index contributed by atoms with van der Waals surface area (Å²) in [6.45, 7) is 2.80. The third-order valence-corrected chi connectivity index (χ3v) is 2.58. The van der Waals surface area contributed by atoms with Crippen molar-refractivity contribution in [1.29, 1.82) is 0 Å². The Bertz CT molecular complexity index is 485. The van der Waals surface area contributed by atoms with Crippen molar-refractivity contribution in [3.05, 3.63) is 47.7 Å². The minimum Gasteiger partial charge on any atom is -0.497 e. The van der Waals surface area contributed by atoms with Crippen molar-refractivity contribution < 1.29 is 4.74 Å². The molecule has 0 saturated carbocycles. The number of rotatable bonds is 4. The first-order valence-electron chi connectivity index (χ1n) is 5.44. The number of nitrogens with zero attached hydrogens (tertiary/aromatic N) is 2. The van der Waals surface area contributed by atoms with Crippen molar-refractivity contribution in [2.45, 2.75) is 13.5 Å². The standard InChI is InChI=1S/C13H15N3O/c1-10-8-12(17-2)6-5-11(10)9-14-13-4-3-7-15-16-13/h3-8H,9H2,1-2H3,(H,14,16). The summed E-state index contributed by atoms with van der Waals surface area (Å²) < 4.78 is 5.17. The smallest absolute Gasteiger partial charge is 0.148 e. The van der Waals surface area contributed by atoms with Crippen LogP contribution in [0, 0.1) is 6.92 Å². The van der Waals surface area contributed by atoms with E-state index in [9.17, 15) is 0 Å². The molecule has 4 heteroatoms. The van der Waals surface area contributed by atoms with Crippen LogP contribution in [-0.4, -0.2) is 17.3 Å². The third kappa shape index (κ3) is 2.93. The molecule has 88 valence electrons. The Kier molecular flexibility index (Phi) is 3.55. The largest absolute Gasteiger partial charge is 0.497 e. The predicted octanol–water partition coefficient (Wildman–Crippen LogP) is 2.41. The molecule has 0 unspecified atom stereocenters. The fraction of sp³-hybridized carbons (Fsp3) is 0.231. The quantitative estimate of drug-likeness (QED) is 0.874. The second-order valence-electron chi connectivity index (χ2n) is 3.75. The van der Waals surface area contributed by atoms with E-state index >= 15 is 0 Å². The van der Waals surface area contributed by atoms with Gasteiger partial charge in [0.25, 0.3) is 0 Å². The summed E-state index contributed by atoms with van der Waals surface area (Å²) in [4.78, 5) is 0. The van der Waals surface area contributed by atoms with Gasteiger partial charge in [-0.25, -0.2) is 0 Å². The van der Waals surface area contributed by atoms with Gasteiger partial charge in [-0.15, -0.1) is 5.10 Å². The lowest BCUT2D eigenvalue weighted by atomic mass is 10.1. The predicted molar refractivity (Wildman–Crippen MR) is 67.1 cm³/mol. The maximum atomic E-state index is 5.17. The molecule has 0 saturated heterocycles. The molecule has 17 heavy (non-hydrogen) atoms. The van der Waals surface area contributed by atoms with Gasteiger partial charge in [0.15, 0.2) is 0 Å². The van der Waals surface area contributed by atoms with Crippen LogP contribution in [0.25, 0.3) is 0 Å². The molecule has 2 rings (SSSR count). The molecule has 1 heterocycles. The van der Waals surface area contributed by atoms with E-state index in [0.717, 1.165) is 18.1 Å². The number of nitrogens with one attached hydrogen (secondary N) is 1. The highest BCUT2D eigenvalue weighted by molar-refractivity contribution is 5.38. The van der Waals surface area contributed by atoms with E-state index in [0.29, 0.717) is 0 Å². The number of anilines is 1. The molecule has 1 N–H and O–H groups in total. The molecule has 1 aromatic carbocycles. The molecule has 0 amide bonds. The summed E-state index contributed by atoms with van der Waals surface area (Å²) >= 11 is 0. The van der Waals surface area contributed by atoms with Crippen LogP contribution in [0.4, 0.5) is 5.82 Å². The number of methoxy groups -OCH3 is 1. The van der Waals surface area contributed by atoms with E-state index in [1.165, 1.54) is 11.1 Å². The second-order valence-corrected chi connectivity index (χ2v) is 3.75. The summed E-state index contributed by atoms with van der Waals surface area (Å²) in [7, 11) is 1.67. The van der Waals surface area contributed by atoms with Gasteiger partial charge in [0, 0.05) is 12.7 Å². The van der Waals surface area contributed by atoms with Crippen LogP contribution in [-0.2, 0) is 6.54 Å². The fourth-order valence-corrected chi connectivity index (χ4v) is 1.58. The molecular formula is C13H15N3O. The maximum Gasteiger partial charge on any atom is 0.148 e. The molecule has 0 aliphatic heterocycles. The lowest BCUT2D eigenvalue weighted by Gasteiger charge is -2.09. The summed E-state index contributed by atoms with van der Waals surface area (Å²) in [5.74, 6) is 1.66. The van der Waals surface area contributed by atoms with Gasteiger partial charge in [-0.1, -0.05) is 6.07 Å². The summed E-state index contributed by atoms with van der Waals surface area (Å²) in [6.07, 6.45) is 1.66. The molecule has 4 nitrogen and oxygen atoms in total. The van der Waals surface area contributed by atoms with Crippen molar-refractivity contribution in [2.24, 2.45) is 0 Å². The summed E-state index contributed by atoms with van der Waals surface area (Å²) in [5.41, 5.74) is 2.41. The number of hydrogen-bond donors (Lipinski definition) is 1. The monoisotopic (exact) mass is 229 g/mol. The highest BCUT2D eigenvalue weighted by atomic mass is 16.5. The van der Waals surface area contributed by atoms with Crippen molar-refractivity contribution >= 4 is 5.82 Å². The van der Waals surface area contributed by atoms with Gasteiger partial charge < -0.3 is 10.1 Å². The van der Waals surface area contributed by atoms with E-state index in [4.69, 9.17) is 4.74 Å². The van der Waals surface area contributed by atoms with Crippen LogP contribution in [0.2, 0.25) is 0 Å². The van der Waals surface area contributed by atoms with Gasteiger partial charge in [-0.05, 0) is 42.3 Å². The number of aromatic nitrogens is 2. The SMILES string of the molecule is COc1ccc(CNc2cccnn2)c(C)c1. The molecular weight excluding hydrogens is 214 g/mol. The molecule has 0 bridgehead atoms. The van der Waals surface area contributed by atoms with Crippen LogP contribution < -0.4 is 10.1 Å². The van der Waals surface area contributed by atoms with E-state index in [1.54, 1.807) is 13.3 Å². The van der Waals surface area contributed by atoms with E-state index in [2.05, 4.69) is 28.5 Å². The first kappa shape index (κ1) is 11.4. The van der Waals surface area contributed by atoms with Crippen molar-refractivity contribution in [3.63, 3.8) is 0 Å². The van der Waals surface area contributed by atoms with E-state index < -0.39 is 0 Å². The van der Waals surface area contributed by atoms with Crippen LogP contribution in [0.15, 0.2) is 36.5 Å². The summed E-state index contributed by atoms with van der Waals surface area (Å²) in [6, 6.07) is 9.79. The van der Waals surface area contributed by atoms with Gasteiger partial charge in [-0.3, -0.25) is 0 Å². The average molecular weight is 229 g/mol. The highest BCUT2D eigenvalue weighted by Gasteiger charge is 2.00. The average Bonchev–Trinajstić information content (AvgIpc) is 2.38. The van der Waals surface area contributed by atoms with E-state index in [-0.39, 0.29) is 0 Å². The second kappa shape index (κ2) is 5.30. The van der Waals surface area contributed by atoms with Gasteiger partial charge in [0.1, 0.15) is 11.6 Å².